The van der Waals surface area contributed by atoms with Crippen LogP contribution >= 0.6 is 11.6 Å². The maximum atomic E-state index is 6.19. The summed E-state index contributed by atoms with van der Waals surface area (Å²) in [6.45, 7) is 1.98. The van der Waals surface area contributed by atoms with Crippen LogP contribution in [0.5, 0.6) is 0 Å². The average Bonchev–Trinajstić information content (AvgIpc) is 2.50. The second-order valence-electron chi connectivity index (χ2n) is 5.80. The van der Waals surface area contributed by atoms with Gasteiger partial charge in [0.2, 0.25) is 5.95 Å². The summed E-state index contributed by atoms with van der Waals surface area (Å²) in [5, 5.41) is 7.42. The molecule has 1 aliphatic rings. The molecule has 0 atom stereocenters. The number of aromatic nitrogens is 2. The van der Waals surface area contributed by atoms with E-state index in [1.165, 1.54) is 32.1 Å². The molecular weight excluding hydrogens is 296 g/mol. The van der Waals surface area contributed by atoms with Crippen molar-refractivity contribution in [1.82, 2.24) is 9.97 Å². The van der Waals surface area contributed by atoms with Crippen molar-refractivity contribution in [1.29, 1.82) is 0 Å². The number of benzene rings is 1. The van der Waals surface area contributed by atoms with E-state index in [0.29, 0.717) is 17.0 Å². The number of anilines is 3. The normalized spacial score (nSPS) is 15.5. The first-order valence-corrected chi connectivity index (χ1v) is 8.22. The fraction of sp³-hybridized carbons (Fsp3) is 0.412. The van der Waals surface area contributed by atoms with Crippen molar-refractivity contribution in [2.45, 2.75) is 45.1 Å². The number of halogens is 1. The first-order chi connectivity index (χ1) is 10.7. The lowest BCUT2D eigenvalue weighted by molar-refractivity contribution is 0.461. The van der Waals surface area contributed by atoms with Gasteiger partial charge in [0.15, 0.2) is 0 Å². The number of nitrogens with one attached hydrogen (secondary N) is 2. The predicted octanol–water partition coefficient (Wildman–Crippen LogP) is 4.93. The summed E-state index contributed by atoms with van der Waals surface area (Å²) in [4.78, 5) is 9.07. The number of hydrogen-bond acceptors (Lipinski definition) is 4. The fourth-order valence-corrected chi connectivity index (χ4v) is 3.01. The van der Waals surface area contributed by atoms with Crippen LogP contribution in [0.3, 0.4) is 0 Å². The second kappa shape index (κ2) is 6.97. The third-order valence-corrected chi connectivity index (χ3v) is 4.26. The van der Waals surface area contributed by atoms with Crippen molar-refractivity contribution >= 4 is 29.1 Å². The summed E-state index contributed by atoms with van der Waals surface area (Å²) in [5.74, 6) is 1.46. The van der Waals surface area contributed by atoms with Crippen LogP contribution in [0.25, 0.3) is 0 Å². The molecule has 0 unspecified atom stereocenters. The topological polar surface area (TPSA) is 49.8 Å². The Kier molecular flexibility index (Phi) is 4.78. The first-order valence-electron chi connectivity index (χ1n) is 7.84. The van der Waals surface area contributed by atoms with Crippen LogP contribution in [0.2, 0.25) is 5.02 Å². The molecule has 4 nitrogen and oxygen atoms in total. The molecule has 1 aromatic heterocycles. The minimum Gasteiger partial charge on any atom is -0.351 e. The highest BCUT2D eigenvalue weighted by atomic mass is 35.5. The lowest BCUT2D eigenvalue weighted by Gasteiger charge is -2.23. The van der Waals surface area contributed by atoms with E-state index in [-0.39, 0.29) is 0 Å². The molecule has 2 aromatic rings. The Bertz CT molecular complexity index is 638. The van der Waals surface area contributed by atoms with Crippen molar-refractivity contribution in [3.05, 3.63) is 41.0 Å². The number of nitrogens with zero attached hydrogens (tertiary/aromatic N) is 2. The first kappa shape index (κ1) is 15.1. The Morgan fingerprint density at radius 3 is 2.64 bits per heavy atom. The molecule has 22 heavy (non-hydrogen) atoms. The van der Waals surface area contributed by atoms with Gasteiger partial charge in [-0.1, -0.05) is 43.0 Å². The average molecular weight is 317 g/mol. The van der Waals surface area contributed by atoms with E-state index >= 15 is 0 Å². The summed E-state index contributed by atoms with van der Waals surface area (Å²) in [6, 6.07) is 10.1. The lowest BCUT2D eigenvalue weighted by Crippen LogP contribution is -2.23. The zero-order chi connectivity index (χ0) is 15.4. The van der Waals surface area contributed by atoms with Gasteiger partial charge in [0.05, 0.1) is 10.7 Å². The van der Waals surface area contributed by atoms with Gasteiger partial charge in [-0.25, -0.2) is 4.98 Å². The SMILES string of the molecule is Cc1cc(Nc2ccccc2Cl)nc(NC2CCCCC2)n1. The molecule has 116 valence electrons. The zero-order valence-electron chi connectivity index (χ0n) is 12.8. The van der Waals surface area contributed by atoms with E-state index in [2.05, 4.69) is 20.6 Å². The molecule has 1 saturated carbocycles. The molecule has 0 radical (unpaired) electrons. The molecule has 1 fully saturated rings. The summed E-state index contributed by atoms with van der Waals surface area (Å²) in [7, 11) is 0. The molecule has 5 heteroatoms. The summed E-state index contributed by atoms with van der Waals surface area (Å²) in [6.07, 6.45) is 6.31. The standard InChI is InChI=1S/C17H21ClN4/c1-12-11-16(21-15-10-6-5-9-14(15)18)22-17(19-12)20-13-7-3-2-4-8-13/h5-6,9-11,13H,2-4,7-8H2,1H3,(H2,19,20,21,22). The number of hydrogen-bond donors (Lipinski definition) is 2. The van der Waals surface area contributed by atoms with Crippen molar-refractivity contribution in [2.24, 2.45) is 0 Å². The molecule has 0 bridgehead atoms. The summed E-state index contributed by atoms with van der Waals surface area (Å²) in [5.41, 5.74) is 1.79. The van der Waals surface area contributed by atoms with Crippen molar-refractivity contribution in [2.75, 3.05) is 10.6 Å². The third-order valence-electron chi connectivity index (χ3n) is 3.93. The van der Waals surface area contributed by atoms with Crippen molar-refractivity contribution in [3.63, 3.8) is 0 Å². The van der Waals surface area contributed by atoms with Gasteiger partial charge in [-0.05, 0) is 31.9 Å². The number of aryl methyl sites for hydroxylation is 1. The van der Waals surface area contributed by atoms with Crippen LogP contribution in [-0.4, -0.2) is 16.0 Å². The van der Waals surface area contributed by atoms with Gasteiger partial charge in [0.25, 0.3) is 0 Å². The van der Waals surface area contributed by atoms with E-state index in [1.54, 1.807) is 0 Å². The highest BCUT2D eigenvalue weighted by Crippen LogP contribution is 2.25. The van der Waals surface area contributed by atoms with Crippen LogP contribution in [0, 0.1) is 6.92 Å². The fourth-order valence-electron chi connectivity index (χ4n) is 2.83. The largest absolute Gasteiger partial charge is 0.351 e. The minimum atomic E-state index is 0.490. The monoisotopic (exact) mass is 316 g/mol. The molecule has 2 N–H and O–H groups in total. The number of para-hydroxylation sites is 1. The molecule has 1 aliphatic carbocycles. The van der Waals surface area contributed by atoms with Gasteiger partial charge < -0.3 is 10.6 Å². The van der Waals surface area contributed by atoms with E-state index in [9.17, 15) is 0 Å². The quantitative estimate of drug-likeness (QED) is 0.840. The van der Waals surface area contributed by atoms with Crippen molar-refractivity contribution in [3.8, 4) is 0 Å². The van der Waals surface area contributed by atoms with Gasteiger partial charge in [-0.2, -0.15) is 4.98 Å². The summed E-state index contributed by atoms with van der Waals surface area (Å²) < 4.78 is 0. The maximum absolute atomic E-state index is 6.19. The van der Waals surface area contributed by atoms with Crippen LogP contribution in [0.4, 0.5) is 17.5 Å². The molecule has 0 spiro atoms. The van der Waals surface area contributed by atoms with E-state index in [0.717, 1.165) is 17.2 Å². The second-order valence-corrected chi connectivity index (χ2v) is 6.21. The van der Waals surface area contributed by atoms with Gasteiger partial charge in [0, 0.05) is 17.8 Å². The van der Waals surface area contributed by atoms with Gasteiger partial charge in [0.1, 0.15) is 5.82 Å². The zero-order valence-corrected chi connectivity index (χ0v) is 13.5. The Hall–Kier alpha value is -1.81. The molecule has 0 aliphatic heterocycles. The Morgan fingerprint density at radius 2 is 1.86 bits per heavy atom. The molecule has 1 aromatic carbocycles. The van der Waals surface area contributed by atoms with Crippen LogP contribution in [0.15, 0.2) is 30.3 Å². The van der Waals surface area contributed by atoms with Crippen LogP contribution < -0.4 is 10.6 Å². The Labute approximate surface area is 136 Å². The van der Waals surface area contributed by atoms with Gasteiger partial charge >= 0.3 is 0 Å². The minimum absolute atomic E-state index is 0.490. The lowest BCUT2D eigenvalue weighted by atomic mass is 9.96. The van der Waals surface area contributed by atoms with E-state index < -0.39 is 0 Å². The summed E-state index contributed by atoms with van der Waals surface area (Å²) >= 11 is 6.19. The predicted molar refractivity (Wildman–Crippen MR) is 92.0 cm³/mol. The Morgan fingerprint density at radius 1 is 1.09 bits per heavy atom. The molecule has 0 saturated heterocycles. The smallest absolute Gasteiger partial charge is 0.225 e. The molecule has 0 amide bonds. The highest BCUT2D eigenvalue weighted by molar-refractivity contribution is 6.33. The van der Waals surface area contributed by atoms with Crippen LogP contribution in [-0.2, 0) is 0 Å². The maximum Gasteiger partial charge on any atom is 0.225 e. The molecule has 1 heterocycles. The molecular formula is C17H21ClN4. The highest BCUT2D eigenvalue weighted by Gasteiger charge is 2.14. The van der Waals surface area contributed by atoms with Gasteiger partial charge in [-0.15, -0.1) is 0 Å². The number of rotatable bonds is 4. The van der Waals surface area contributed by atoms with Gasteiger partial charge in [-0.3, -0.25) is 0 Å². The van der Waals surface area contributed by atoms with E-state index in [4.69, 9.17) is 11.6 Å². The van der Waals surface area contributed by atoms with E-state index in [1.807, 2.05) is 37.3 Å². The Balaban J connectivity index is 1.76. The van der Waals surface area contributed by atoms with Crippen molar-refractivity contribution < 1.29 is 0 Å². The van der Waals surface area contributed by atoms with Crippen LogP contribution in [0.1, 0.15) is 37.8 Å². The molecule has 3 rings (SSSR count). The third kappa shape index (κ3) is 3.89.